The number of benzene rings is 1. The molecule has 1 aromatic carbocycles. The SMILES string of the molecule is CCNC(c1cccnc1)c1cccc(OC2CC2)c1. The van der Waals surface area contributed by atoms with E-state index in [1.807, 2.05) is 18.3 Å². The number of ether oxygens (including phenoxy) is 1. The van der Waals surface area contributed by atoms with Crippen LogP contribution in [0.1, 0.15) is 36.9 Å². The molecule has 2 aromatic rings. The molecule has 20 heavy (non-hydrogen) atoms. The zero-order chi connectivity index (χ0) is 13.8. The van der Waals surface area contributed by atoms with Crippen LogP contribution in [0.15, 0.2) is 48.8 Å². The molecule has 0 bridgehead atoms. The normalized spacial score (nSPS) is 15.8. The smallest absolute Gasteiger partial charge is 0.120 e. The summed E-state index contributed by atoms with van der Waals surface area (Å²) in [5.41, 5.74) is 2.40. The molecule has 1 heterocycles. The third-order valence-electron chi connectivity index (χ3n) is 3.44. The van der Waals surface area contributed by atoms with Crippen LogP contribution in [0.4, 0.5) is 0 Å². The number of hydrogen-bond donors (Lipinski definition) is 1. The van der Waals surface area contributed by atoms with Crippen LogP contribution in [0, 0.1) is 0 Å². The van der Waals surface area contributed by atoms with Crippen molar-refractivity contribution in [1.29, 1.82) is 0 Å². The second kappa shape index (κ2) is 6.06. The van der Waals surface area contributed by atoms with E-state index in [9.17, 15) is 0 Å². The van der Waals surface area contributed by atoms with Crippen LogP contribution in [0.2, 0.25) is 0 Å². The monoisotopic (exact) mass is 268 g/mol. The molecule has 0 aliphatic heterocycles. The first-order chi connectivity index (χ1) is 9.86. The van der Waals surface area contributed by atoms with Gasteiger partial charge < -0.3 is 10.1 Å². The summed E-state index contributed by atoms with van der Waals surface area (Å²) in [7, 11) is 0. The van der Waals surface area contributed by atoms with Crippen LogP contribution in [0.25, 0.3) is 0 Å². The highest BCUT2D eigenvalue weighted by atomic mass is 16.5. The second-order valence-corrected chi connectivity index (χ2v) is 5.17. The summed E-state index contributed by atoms with van der Waals surface area (Å²) >= 11 is 0. The van der Waals surface area contributed by atoms with Gasteiger partial charge in [0, 0.05) is 12.4 Å². The third kappa shape index (κ3) is 3.17. The van der Waals surface area contributed by atoms with Crippen LogP contribution >= 0.6 is 0 Å². The molecule has 1 aromatic heterocycles. The first-order valence-corrected chi connectivity index (χ1v) is 7.26. The molecular formula is C17H20N2O. The first-order valence-electron chi connectivity index (χ1n) is 7.26. The van der Waals surface area contributed by atoms with E-state index >= 15 is 0 Å². The van der Waals surface area contributed by atoms with Gasteiger partial charge in [-0.3, -0.25) is 4.98 Å². The van der Waals surface area contributed by atoms with Gasteiger partial charge >= 0.3 is 0 Å². The maximum atomic E-state index is 5.89. The highest BCUT2D eigenvalue weighted by Gasteiger charge is 2.23. The number of aromatic nitrogens is 1. The molecular weight excluding hydrogens is 248 g/mol. The van der Waals surface area contributed by atoms with E-state index in [-0.39, 0.29) is 6.04 Å². The number of hydrogen-bond acceptors (Lipinski definition) is 3. The molecule has 0 saturated heterocycles. The molecule has 1 fully saturated rings. The highest BCUT2D eigenvalue weighted by molar-refractivity contribution is 5.36. The highest BCUT2D eigenvalue weighted by Crippen LogP contribution is 2.29. The van der Waals surface area contributed by atoms with Crippen molar-refractivity contribution in [1.82, 2.24) is 10.3 Å². The molecule has 1 atom stereocenters. The zero-order valence-corrected chi connectivity index (χ0v) is 11.8. The van der Waals surface area contributed by atoms with Crippen LogP contribution in [0.5, 0.6) is 5.75 Å². The Bertz CT molecular complexity index is 552. The number of rotatable bonds is 6. The van der Waals surface area contributed by atoms with E-state index in [0.29, 0.717) is 6.10 Å². The minimum absolute atomic E-state index is 0.163. The van der Waals surface area contributed by atoms with Crippen LogP contribution in [-0.2, 0) is 0 Å². The lowest BCUT2D eigenvalue weighted by molar-refractivity contribution is 0.302. The number of pyridine rings is 1. The molecule has 1 aliphatic rings. The van der Waals surface area contributed by atoms with Gasteiger partial charge in [-0.05, 0) is 48.7 Å². The molecule has 3 heteroatoms. The molecule has 0 amide bonds. The molecule has 1 aliphatic carbocycles. The lowest BCUT2D eigenvalue weighted by atomic mass is 10.00. The van der Waals surface area contributed by atoms with Crippen LogP contribution < -0.4 is 10.1 Å². The lowest BCUT2D eigenvalue weighted by Gasteiger charge is -2.19. The van der Waals surface area contributed by atoms with Crippen molar-refractivity contribution < 1.29 is 4.74 Å². The summed E-state index contributed by atoms with van der Waals surface area (Å²) in [6, 6.07) is 12.6. The van der Waals surface area contributed by atoms with Crippen LogP contribution in [-0.4, -0.2) is 17.6 Å². The minimum atomic E-state index is 0.163. The van der Waals surface area contributed by atoms with Gasteiger partial charge in [0.05, 0.1) is 12.1 Å². The van der Waals surface area contributed by atoms with Crippen molar-refractivity contribution in [2.24, 2.45) is 0 Å². The van der Waals surface area contributed by atoms with Crippen molar-refractivity contribution >= 4 is 0 Å². The molecule has 3 nitrogen and oxygen atoms in total. The first kappa shape index (κ1) is 13.1. The minimum Gasteiger partial charge on any atom is -0.490 e. The van der Waals surface area contributed by atoms with Gasteiger partial charge in [0.25, 0.3) is 0 Å². The van der Waals surface area contributed by atoms with E-state index in [0.717, 1.165) is 12.3 Å². The number of nitrogens with zero attached hydrogens (tertiary/aromatic N) is 1. The molecule has 1 saturated carbocycles. The quantitative estimate of drug-likeness (QED) is 0.872. The average molecular weight is 268 g/mol. The Morgan fingerprint density at radius 1 is 1.25 bits per heavy atom. The van der Waals surface area contributed by atoms with Gasteiger partial charge in [0.15, 0.2) is 0 Å². The number of nitrogens with one attached hydrogen (secondary N) is 1. The predicted octanol–water partition coefficient (Wildman–Crippen LogP) is 3.32. The standard InChI is InChI=1S/C17H20N2O/c1-2-19-17(14-6-4-10-18-12-14)13-5-3-7-16(11-13)20-15-8-9-15/h3-7,10-12,15,17,19H,2,8-9H2,1H3. The summed E-state index contributed by atoms with van der Waals surface area (Å²) < 4.78 is 5.89. The van der Waals surface area contributed by atoms with E-state index in [4.69, 9.17) is 4.74 Å². The fourth-order valence-electron chi connectivity index (χ4n) is 2.32. The van der Waals surface area contributed by atoms with Gasteiger partial charge in [-0.2, -0.15) is 0 Å². The van der Waals surface area contributed by atoms with Crippen molar-refractivity contribution in [3.05, 3.63) is 59.9 Å². The molecule has 0 spiro atoms. The summed E-state index contributed by atoms with van der Waals surface area (Å²) in [6.07, 6.45) is 6.52. The zero-order valence-electron chi connectivity index (χ0n) is 11.8. The average Bonchev–Trinajstić information content (AvgIpc) is 3.30. The topological polar surface area (TPSA) is 34.2 Å². The van der Waals surface area contributed by atoms with Crippen molar-refractivity contribution in [2.75, 3.05) is 6.54 Å². The Hall–Kier alpha value is -1.87. The maximum Gasteiger partial charge on any atom is 0.120 e. The summed E-state index contributed by atoms with van der Waals surface area (Å²) in [5, 5.41) is 3.52. The third-order valence-corrected chi connectivity index (χ3v) is 3.44. The summed E-state index contributed by atoms with van der Waals surface area (Å²) in [4.78, 5) is 4.22. The van der Waals surface area contributed by atoms with E-state index in [1.54, 1.807) is 6.20 Å². The molecule has 3 rings (SSSR count). The summed E-state index contributed by atoms with van der Waals surface area (Å²) in [5.74, 6) is 0.969. The summed E-state index contributed by atoms with van der Waals surface area (Å²) in [6.45, 7) is 3.03. The molecule has 1 N–H and O–H groups in total. The van der Waals surface area contributed by atoms with Gasteiger partial charge in [-0.1, -0.05) is 25.1 Å². The molecule has 104 valence electrons. The van der Waals surface area contributed by atoms with E-state index < -0.39 is 0 Å². The van der Waals surface area contributed by atoms with E-state index in [2.05, 4.69) is 41.5 Å². The second-order valence-electron chi connectivity index (χ2n) is 5.17. The van der Waals surface area contributed by atoms with Crippen molar-refractivity contribution in [3.63, 3.8) is 0 Å². The van der Waals surface area contributed by atoms with Gasteiger partial charge in [0.1, 0.15) is 5.75 Å². The Balaban J connectivity index is 1.86. The van der Waals surface area contributed by atoms with Gasteiger partial charge in [-0.15, -0.1) is 0 Å². The van der Waals surface area contributed by atoms with Crippen LogP contribution in [0.3, 0.4) is 0 Å². The Labute approximate surface area is 120 Å². The Morgan fingerprint density at radius 3 is 2.80 bits per heavy atom. The van der Waals surface area contributed by atoms with Gasteiger partial charge in [0.2, 0.25) is 0 Å². The largest absolute Gasteiger partial charge is 0.490 e. The van der Waals surface area contributed by atoms with Gasteiger partial charge in [-0.25, -0.2) is 0 Å². The Kier molecular flexibility index (Phi) is 3.97. The predicted molar refractivity (Wildman–Crippen MR) is 79.8 cm³/mol. The Morgan fingerprint density at radius 2 is 2.10 bits per heavy atom. The van der Waals surface area contributed by atoms with Crippen molar-refractivity contribution in [2.45, 2.75) is 31.9 Å². The molecule has 1 unspecified atom stereocenters. The maximum absolute atomic E-state index is 5.89. The van der Waals surface area contributed by atoms with E-state index in [1.165, 1.54) is 24.0 Å². The lowest BCUT2D eigenvalue weighted by Crippen LogP contribution is -2.22. The molecule has 0 radical (unpaired) electrons. The van der Waals surface area contributed by atoms with Crippen molar-refractivity contribution in [3.8, 4) is 5.75 Å². The fraction of sp³-hybridized carbons (Fsp3) is 0.353. The fourth-order valence-corrected chi connectivity index (χ4v) is 2.32.